The summed E-state index contributed by atoms with van der Waals surface area (Å²) in [4.78, 5) is 84.4. The SMILES string of the molecule is Cl.Cl.NCCN1CCN(c2cnc(NC3Cc4ccccc4C3)nc2)CC1.O=C1Cc2ccc(C(=O)CCCN3CCN(c4cnc(NC5Cc6ccccc6C5)nc4)CC3)cc2O1.O=C1Cc2ccc(C(=O)O)cc2O1.c1ccc2c(c1)CC(Nc1ncc(N3CCNCC3)cn1)C2. The van der Waals surface area contributed by atoms with E-state index in [-0.39, 0.29) is 54.5 Å². The average molecular weight is 1380 g/mol. The summed E-state index contributed by atoms with van der Waals surface area (Å²) in [6.45, 7) is 14.6. The Kier molecular flexibility index (Phi) is 24.3. The molecule has 3 fully saturated rings. The zero-order chi connectivity index (χ0) is 66.5. The number of hydrogen-bond donors (Lipinski definition) is 6. The molecule has 0 spiro atoms. The van der Waals surface area contributed by atoms with E-state index in [1.807, 2.05) is 43.2 Å². The Morgan fingerprint density at radius 3 is 1.17 bits per heavy atom. The quantitative estimate of drug-likeness (QED) is 0.0291. The van der Waals surface area contributed by atoms with Gasteiger partial charge in [-0.25, -0.2) is 34.7 Å². The fraction of sp³-hybridized carbons (Fsp3) is 0.378. The Balaban J connectivity index is 0.000000140. The molecule has 3 aromatic heterocycles. The predicted octanol–water partition coefficient (Wildman–Crippen LogP) is 7.59. The van der Waals surface area contributed by atoms with Gasteiger partial charge in [0.05, 0.1) is 72.6 Å². The van der Waals surface area contributed by atoms with Crippen molar-refractivity contribution in [2.75, 3.05) is 129 Å². The van der Waals surface area contributed by atoms with Gasteiger partial charge in [0.2, 0.25) is 17.8 Å². The number of esters is 2. The minimum Gasteiger partial charge on any atom is -0.478 e. The van der Waals surface area contributed by atoms with E-state index < -0.39 is 5.97 Å². The maximum atomic E-state index is 12.6. The monoisotopic (exact) mass is 1380 g/mol. The Bertz CT molecular complexity index is 3970. The maximum Gasteiger partial charge on any atom is 0.335 e. The molecule has 23 nitrogen and oxygen atoms in total. The van der Waals surface area contributed by atoms with Crippen molar-refractivity contribution in [2.24, 2.45) is 5.73 Å². The van der Waals surface area contributed by atoms with E-state index in [0.29, 0.717) is 54.0 Å². The number of Topliss-reactive ketones (excluding diaryl/α,β-unsaturated/α-hetero) is 1. The van der Waals surface area contributed by atoms with E-state index in [2.05, 4.69) is 148 Å². The van der Waals surface area contributed by atoms with Gasteiger partial charge in [-0.2, -0.15) is 0 Å². The van der Waals surface area contributed by atoms with Crippen LogP contribution in [0.5, 0.6) is 11.5 Å². The number of ether oxygens (including phenoxy) is 2. The Labute approximate surface area is 589 Å². The normalized spacial score (nSPS) is 17.0. The number of piperazine rings is 3. The van der Waals surface area contributed by atoms with Crippen molar-refractivity contribution in [3.05, 3.63) is 202 Å². The maximum absolute atomic E-state index is 12.6. The van der Waals surface area contributed by atoms with E-state index in [1.54, 1.807) is 18.2 Å². The number of aromatic carboxylic acids is 1. The van der Waals surface area contributed by atoms with E-state index in [0.717, 1.165) is 183 Å². The Morgan fingerprint density at radius 1 is 0.465 bits per heavy atom. The van der Waals surface area contributed by atoms with Crippen molar-refractivity contribution in [1.82, 2.24) is 45.0 Å². The molecule has 99 heavy (non-hydrogen) atoms. The number of rotatable bonds is 17. The zero-order valence-corrected chi connectivity index (χ0v) is 57.1. The first-order chi connectivity index (χ1) is 47.5. The highest BCUT2D eigenvalue weighted by molar-refractivity contribution is 5.97. The molecule has 0 saturated carbocycles. The van der Waals surface area contributed by atoms with Crippen molar-refractivity contribution in [3.8, 4) is 11.5 Å². The predicted molar refractivity (Wildman–Crippen MR) is 388 cm³/mol. The summed E-state index contributed by atoms with van der Waals surface area (Å²) in [5, 5.41) is 22.4. The number of nitrogens with zero attached hydrogens (tertiary/aromatic N) is 11. The molecule has 3 aliphatic carbocycles. The van der Waals surface area contributed by atoms with E-state index in [4.69, 9.17) is 20.3 Å². The molecule has 0 radical (unpaired) electrons. The van der Waals surface area contributed by atoms with Crippen LogP contribution in [0.2, 0.25) is 0 Å². The molecule has 0 atom stereocenters. The molecule has 518 valence electrons. The molecule has 8 heterocycles. The molecule has 8 aromatic rings. The van der Waals surface area contributed by atoms with Crippen LogP contribution in [0.15, 0.2) is 146 Å². The number of carboxylic acids is 1. The van der Waals surface area contributed by atoms with Gasteiger partial charge in [0, 0.05) is 133 Å². The van der Waals surface area contributed by atoms with Crippen molar-refractivity contribution in [3.63, 3.8) is 0 Å². The van der Waals surface area contributed by atoms with Gasteiger partial charge in [-0.1, -0.05) is 91.0 Å². The third kappa shape index (κ3) is 18.7. The van der Waals surface area contributed by atoms with Gasteiger partial charge in [-0.05, 0) is 103 Å². The molecular weight excluding hydrogens is 1300 g/mol. The van der Waals surface area contributed by atoms with Crippen molar-refractivity contribution < 1.29 is 33.8 Å². The minimum absolute atomic E-state index is 0. The van der Waals surface area contributed by atoms with Crippen molar-refractivity contribution in [1.29, 1.82) is 0 Å². The van der Waals surface area contributed by atoms with Gasteiger partial charge in [0.1, 0.15) is 11.5 Å². The van der Waals surface area contributed by atoms with Crippen LogP contribution >= 0.6 is 24.8 Å². The lowest BCUT2D eigenvalue weighted by Gasteiger charge is -2.35. The molecular formula is C74H86Cl2N16O7. The van der Waals surface area contributed by atoms with Crippen LogP contribution in [0.25, 0.3) is 0 Å². The summed E-state index contributed by atoms with van der Waals surface area (Å²) in [5.74, 6) is 1.52. The number of hydrogen-bond acceptors (Lipinski definition) is 22. The standard InChI is InChI=1S/C29H31N5O3.C19H26N6.C17H21N5.C9H6O4.2ClH/c35-26(22-7-8-23-17-28(36)37-27(23)16-22)6-3-9-33-10-12-34(13-11-33)25-18-30-29(31-19-25)32-24-14-20-4-1-2-5-21(20)15-24;20-5-6-24-7-9-25(10-8-24)18-13-21-19(22-14-18)23-17-11-15-3-1-2-4-16(15)12-17;1-2-4-14-10-15(9-13(14)3-1)21-17-19-11-16(12-20-17)22-7-5-18-6-8-22;10-8-4-5-1-2-6(9(11)12)3-7(5)13-8;;/h1-2,4-5,7-8,16,18-19,24H,3,6,9-15,17H2,(H,30,31,32);1-4,13-14,17H,5-12,20H2,(H,21,22,23);1-4,11-12,15,18H,5-10H2,(H,19,20,21);1-3H,4H2,(H,11,12);2*1H. The molecule has 16 rings (SSSR count). The molecule has 25 heteroatoms. The molecule has 3 saturated heterocycles. The highest BCUT2D eigenvalue weighted by atomic mass is 35.5. The second-order valence-corrected chi connectivity index (χ2v) is 25.8. The van der Waals surface area contributed by atoms with Gasteiger partial charge in [-0.15, -0.1) is 24.8 Å². The smallest absolute Gasteiger partial charge is 0.335 e. The minimum atomic E-state index is -1.02. The lowest BCUT2D eigenvalue weighted by atomic mass is 10.0. The highest BCUT2D eigenvalue weighted by Gasteiger charge is 2.28. The van der Waals surface area contributed by atoms with Crippen LogP contribution in [-0.4, -0.2) is 185 Å². The summed E-state index contributed by atoms with van der Waals surface area (Å²) in [6, 6.07) is 36.8. The summed E-state index contributed by atoms with van der Waals surface area (Å²) < 4.78 is 9.97. The molecule has 0 bridgehead atoms. The second kappa shape index (κ2) is 33.9. The van der Waals surface area contributed by atoms with E-state index >= 15 is 0 Å². The number of fused-ring (bicyclic) bond motifs is 5. The number of nitrogens with two attached hydrogens (primary N) is 1. The fourth-order valence-electron chi connectivity index (χ4n) is 13.9. The molecule has 5 aromatic carbocycles. The van der Waals surface area contributed by atoms with Crippen LogP contribution in [0, 0.1) is 0 Å². The van der Waals surface area contributed by atoms with Gasteiger partial charge in [0.25, 0.3) is 0 Å². The lowest BCUT2D eigenvalue weighted by molar-refractivity contribution is -0.132. The number of anilines is 6. The summed E-state index contributed by atoms with van der Waals surface area (Å²) in [6.07, 6.45) is 19.6. The number of carboxylic acid groups (broad SMARTS) is 1. The van der Waals surface area contributed by atoms with Gasteiger partial charge >= 0.3 is 17.9 Å². The number of carbonyl (C=O) groups excluding carboxylic acids is 3. The number of halogens is 2. The summed E-state index contributed by atoms with van der Waals surface area (Å²) >= 11 is 0. The fourth-order valence-corrected chi connectivity index (χ4v) is 13.9. The zero-order valence-electron chi connectivity index (χ0n) is 55.5. The Hall–Kier alpha value is -9.36. The number of aromatic nitrogens is 6. The number of nitrogens with one attached hydrogen (secondary N) is 4. The third-order valence-electron chi connectivity index (χ3n) is 19.2. The molecule has 7 N–H and O–H groups in total. The Morgan fingerprint density at radius 2 is 0.808 bits per heavy atom. The number of benzene rings is 5. The molecule has 8 aliphatic rings. The number of ketones is 1. The largest absolute Gasteiger partial charge is 0.478 e. The second-order valence-electron chi connectivity index (χ2n) is 25.8. The first kappa shape index (κ1) is 70.9. The molecule has 0 amide bonds. The lowest BCUT2D eigenvalue weighted by Crippen LogP contribution is -2.47. The third-order valence-corrected chi connectivity index (χ3v) is 19.2. The van der Waals surface area contributed by atoms with Crippen LogP contribution in [0.3, 0.4) is 0 Å². The molecule has 5 aliphatic heterocycles. The van der Waals surface area contributed by atoms with Crippen LogP contribution in [-0.2, 0) is 61.0 Å². The average Bonchev–Trinajstić information content (AvgIpc) is 1.75. The van der Waals surface area contributed by atoms with E-state index in [9.17, 15) is 19.2 Å². The topological polar surface area (TPSA) is 275 Å². The van der Waals surface area contributed by atoms with Crippen LogP contribution in [0.1, 0.15) is 78.1 Å². The molecule has 0 unspecified atom stereocenters. The highest BCUT2D eigenvalue weighted by Crippen LogP contribution is 2.31. The number of carbonyl (C=O) groups is 4. The van der Waals surface area contributed by atoms with Crippen molar-refractivity contribution in [2.45, 2.75) is 82.3 Å². The first-order valence-electron chi connectivity index (χ1n) is 34.0. The van der Waals surface area contributed by atoms with Gasteiger partial charge in [-0.3, -0.25) is 24.2 Å². The van der Waals surface area contributed by atoms with Crippen LogP contribution in [0.4, 0.5) is 34.9 Å². The van der Waals surface area contributed by atoms with Gasteiger partial charge in [0.15, 0.2) is 5.78 Å². The van der Waals surface area contributed by atoms with Crippen molar-refractivity contribution >= 4 is 83.4 Å². The summed E-state index contributed by atoms with van der Waals surface area (Å²) in [7, 11) is 0. The van der Waals surface area contributed by atoms with E-state index in [1.165, 1.54) is 45.5 Å². The summed E-state index contributed by atoms with van der Waals surface area (Å²) in [5.41, 5.74) is 19.8. The van der Waals surface area contributed by atoms with Gasteiger partial charge < -0.3 is 56.3 Å². The first-order valence-corrected chi connectivity index (χ1v) is 34.0. The van der Waals surface area contributed by atoms with Crippen LogP contribution < -0.4 is 51.2 Å².